The van der Waals surface area contributed by atoms with E-state index in [1.165, 1.54) is 4.90 Å². The van der Waals surface area contributed by atoms with Gasteiger partial charge in [0, 0.05) is 24.5 Å². The molecule has 1 unspecified atom stereocenters. The molecular weight excluding hydrogens is 328 g/mol. The molecule has 1 aromatic carbocycles. The third-order valence-corrected chi connectivity index (χ3v) is 4.81. The number of Topliss-reactive ketones (excluding diaryl/α,β-unsaturated/α-hetero) is 1. The van der Waals surface area contributed by atoms with Crippen molar-refractivity contribution < 1.29 is 14.7 Å². The number of hydrogen-bond donors (Lipinski definition) is 1. The largest absolute Gasteiger partial charge is 0.507 e. The number of hydrogen-bond acceptors (Lipinski definition) is 4. The number of benzene rings is 1. The molecule has 0 saturated carbocycles. The Kier molecular flexibility index (Phi) is 4.89. The van der Waals surface area contributed by atoms with Crippen LogP contribution in [0.3, 0.4) is 0 Å². The number of carbonyl (C=O) groups excluding carboxylic acids is 2. The summed E-state index contributed by atoms with van der Waals surface area (Å²) in [5.41, 5.74) is 3.55. The van der Waals surface area contributed by atoms with Crippen LogP contribution in [0, 0.1) is 13.8 Å². The highest BCUT2D eigenvalue weighted by Crippen LogP contribution is 2.39. The van der Waals surface area contributed by atoms with Crippen LogP contribution in [-0.4, -0.2) is 33.2 Å². The Hall–Kier alpha value is -2.95. The summed E-state index contributed by atoms with van der Waals surface area (Å²) in [7, 11) is 0. The second-order valence-electron chi connectivity index (χ2n) is 6.57. The number of carbonyl (C=O) groups is 2. The molecule has 0 aliphatic carbocycles. The van der Waals surface area contributed by atoms with Gasteiger partial charge in [-0.2, -0.15) is 0 Å². The zero-order valence-corrected chi connectivity index (χ0v) is 15.2. The predicted molar refractivity (Wildman–Crippen MR) is 99.5 cm³/mol. The quantitative estimate of drug-likeness (QED) is 0.520. The lowest BCUT2D eigenvalue weighted by atomic mass is 9.95. The van der Waals surface area contributed by atoms with Crippen molar-refractivity contribution in [2.75, 3.05) is 6.54 Å². The smallest absolute Gasteiger partial charge is 0.295 e. The molecule has 5 nitrogen and oxygen atoms in total. The van der Waals surface area contributed by atoms with Gasteiger partial charge >= 0.3 is 0 Å². The van der Waals surface area contributed by atoms with Crippen LogP contribution in [0.2, 0.25) is 0 Å². The number of ketones is 1. The van der Waals surface area contributed by atoms with Gasteiger partial charge in [0.05, 0.1) is 11.6 Å². The summed E-state index contributed by atoms with van der Waals surface area (Å²) in [6.45, 7) is 6.33. The maximum Gasteiger partial charge on any atom is 0.295 e. The molecule has 3 rings (SSSR count). The molecule has 0 bridgehead atoms. The SMILES string of the molecule is CCCN1C(=O)C(=O)/C(=C(\O)c2ccc(C)c(C)c2)C1c1ccncc1. The summed E-state index contributed by atoms with van der Waals surface area (Å²) in [5, 5.41) is 10.9. The van der Waals surface area contributed by atoms with Crippen molar-refractivity contribution in [1.29, 1.82) is 0 Å². The van der Waals surface area contributed by atoms with Crippen molar-refractivity contribution in [2.24, 2.45) is 0 Å². The van der Waals surface area contributed by atoms with Crippen molar-refractivity contribution in [3.63, 3.8) is 0 Å². The Morgan fingerprint density at radius 2 is 1.81 bits per heavy atom. The lowest BCUT2D eigenvalue weighted by Gasteiger charge is -2.24. The number of aryl methyl sites for hydroxylation is 2. The number of amides is 1. The van der Waals surface area contributed by atoms with E-state index < -0.39 is 17.7 Å². The highest BCUT2D eigenvalue weighted by molar-refractivity contribution is 6.46. The zero-order chi connectivity index (χ0) is 18.8. The standard InChI is InChI=1S/C21H22N2O3/c1-4-11-23-18(15-7-9-22-10-8-15)17(20(25)21(23)26)19(24)16-6-5-13(2)14(3)12-16/h5-10,12,18,24H,4,11H2,1-3H3/b19-17-. The van der Waals surface area contributed by atoms with Gasteiger partial charge in [0.1, 0.15) is 5.76 Å². The van der Waals surface area contributed by atoms with Gasteiger partial charge in [0.25, 0.3) is 11.7 Å². The summed E-state index contributed by atoms with van der Waals surface area (Å²) in [6, 6.07) is 8.45. The molecule has 0 spiro atoms. The minimum Gasteiger partial charge on any atom is -0.507 e. The molecule has 1 aliphatic rings. The van der Waals surface area contributed by atoms with Gasteiger partial charge < -0.3 is 10.0 Å². The Morgan fingerprint density at radius 3 is 2.42 bits per heavy atom. The average Bonchev–Trinajstić information content (AvgIpc) is 2.89. The van der Waals surface area contributed by atoms with E-state index >= 15 is 0 Å². The van der Waals surface area contributed by atoms with Crippen LogP contribution < -0.4 is 0 Å². The normalized spacial score (nSPS) is 19.2. The molecule has 2 aromatic rings. The maximum atomic E-state index is 12.7. The summed E-state index contributed by atoms with van der Waals surface area (Å²) in [5.74, 6) is -1.35. The van der Waals surface area contributed by atoms with E-state index in [0.29, 0.717) is 12.1 Å². The first-order valence-electron chi connectivity index (χ1n) is 8.71. The Balaban J connectivity index is 2.19. The number of aromatic nitrogens is 1. The Morgan fingerprint density at radius 1 is 1.12 bits per heavy atom. The fourth-order valence-corrected chi connectivity index (χ4v) is 3.29. The van der Waals surface area contributed by atoms with E-state index in [4.69, 9.17) is 0 Å². The van der Waals surface area contributed by atoms with Crippen molar-refractivity contribution in [2.45, 2.75) is 33.2 Å². The highest BCUT2D eigenvalue weighted by atomic mass is 16.3. The fourth-order valence-electron chi connectivity index (χ4n) is 3.29. The summed E-state index contributed by atoms with van der Waals surface area (Å²) < 4.78 is 0. The highest BCUT2D eigenvalue weighted by Gasteiger charge is 2.45. The predicted octanol–water partition coefficient (Wildman–Crippen LogP) is 3.53. The number of nitrogens with zero attached hydrogens (tertiary/aromatic N) is 2. The number of rotatable bonds is 4. The first kappa shape index (κ1) is 17.9. The van der Waals surface area contributed by atoms with Crippen LogP contribution in [0.25, 0.3) is 5.76 Å². The first-order valence-corrected chi connectivity index (χ1v) is 8.71. The van der Waals surface area contributed by atoms with E-state index in [1.807, 2.05) is 32.9 Å². The number of likely N-dealkylation sites (tertiary alicyclic amines) is 1. The van der Waals surface area contributed by atoms with Gasteiger partial charge in [-0.25, -0.2) is 0 Å². The molecule has 26 heavy (non-hydrogen) atoms. The molecule has 1 N–H and O–H groups in total. The second kappa shape index (κ2) is 7.12. The monoisotopic (exact) mass is 350 g/mol. The summed E-state index contributed by atoms with van der Waals surface area (Å²) in [4.78, 5) is 30.8. The molecule has 134 valence electrons. The molecule has 1 aromatic heterocycles. The lowest BCUT2D eigenvalue weighted by Crippen LogP contribution is -2.30. The Bertz CT molecular complexity index is 887. The van der Waals surface area contributed by atoms with Crippen molar-refractivity contribution >= 4 is 17.4 Å². The van der Waals surface area contributed by atoms with E-state index in [9.17, 15) is 14.7 Å². The van der Waals surface area contributed by atoms with E-state index in [-0.39, 0.29) is 11.3 Å². The van der Waals surface area contributed by atoms with E-state index in [0.717, 1.165) is 23.1 Å². The van der Waals surface area contributed by atoms with Crippen LogP contribution in [0.1, 0.15) is 41.6 Å². The van der Waals surface area contributed by atoms with E-state index in [1.54, 1.807) is 30.6 Å². The topological polar surface area (TPSA) is 70.5 Å². The fraction of sp³-hybridized carbons (Fsp3) is 0.286. The zero-order valence-electron chi connectivity index (χ0n) is 15.2. The van der Waals surface area contributed by atoms with Crippen LogP contribution >= 0.6 is 0 Å². The molecule has 1 atom stereocenters. The minimum absolute atomic E-state index is 0.133. The number of pyridine rings is 1. The van der Waals surface area contributed by atoms with Gasteiger partial charge in [0.2, 0.25) is 0 Å². The molecular formula is C21H22N2O3. The van der Waals surface area contributed by atoms with Gasteiger partial charge in [0.15, 0.2) is 0 Å². The van der Waals surface area contributed by atoms with Crippen molar-refractivity contribution in [3.8, 4) is 0 Å². The van der Waals surface area contributed by atoms with Crippen LogP contribution in [-0.2, 0) is 9.59 Å². The molecule has 1 saturated heterocycles. The molecule has 1 amide bonds. The van der Waals surface area contributed by atoms with Crippen LogP contribution in [0.15, 0.2) is 48.3 Å². The molecule has 1 aliphatic heterocycles. The average molecular weight is 350 g/mol. The maximum absolute atomic E-state index is 12.7. The molecule has 5 heteroatoms. The van der Waals surface area contributed by atoms with Gasteiger partial charge in [-0.3, -0.25) is 14.6 Å². The van der Waals surface area contributed by atoms with E-state index in [2.05, 4.69) is 4.98 Å². The second-order valence-corrected chi connectivity index (χ2v) is 6.57. The molecule has 2 heterocycles. The van der Waals surface area contributed by atoms with Crippen molar-refractivity contribution in [1.82, 2.24) is 9.88 Å². The molecule has 1 fully saturated rings. The number of aliphatic hydroxyl groups is 1. The summed E-state index contributed by atoms with van der Waals surface area (Å²) in [6.07, 6.45) is 3.97. The van der Waals surface area contributed by atoms with Crippen LogP contribution in [0.5, 0.6) is 0 Å². The molecule has 0 radical (unpaired) electrons. The third-order valence-electron chi connectivity index (χ3n) is 4.81. The number of aliphatic hydroxyl groups excluding tert-OH is 1. The minimum atomic E-state index is -0.643. The van der Waals surface area contributed by atoms with Crippen LogP contribution in [0.4, 0.5) is 0 Å². The lowest BCUT2D eigenvalue weighted by molar-refractivity contribution is -0.139. The summed E-state index contributed by atoms with van der Waals surface area (Å²) >= 11 is 0. The Labute approximate surface area is 153 Å². The third kappa shape index (κ3) is 3.01. The first-order chi connectivity index (χ1) is 12.5. The van der Waals surface area contributed by atoms with Crippen molar-refractivity contribution in [3.05, 3.63) is 70.6 Å². The van der Waals surface area contributed by atoms with Gasteiger partial charge in [-0.1, -0.05) is 19.1 Å². The van der Waals surface area contributed by atoms with Gasteiger partial charge in [-0.15, -0.1) is 0 Å². The van der Waals surface area contributed by atoms with Gasteiger partial charge in [-0.05, 0) is 55.2 Å².